The molecule has 0 aliphatic heterocycles. The van der Waals surface area contributed by atoms with E-state index in [1.807, 2.05) is 39.0 Å². The van der Waals surface area contributed by atoms with E-state index >= 15 is 0 Å². The predicted molar refractivity (Wildman–Crippen MR) is 97.2 cm³/mol. The van der Waals surface area contributed by atoms with Crippen LogP contribution in [0.3, 0.4) is 0 Å². The Balaban J connectivity index is 1.88. The molecule has 0 aliphatic carbocycles. The summed E-state index contributed by atoms with van der Waals surface area (Å²) in [5, 5.41) is 7.66. The molecule has 25 heavy (non-hydrogen) atoms. The number of ether oxygens (including phenoxy) is 2. The number of rotatable bonds is 9. The first-order valence-electron chi connectivity index (χ1n) is 8.38. The maximum atomic E-state index is 12.0. The largest absolute Gasteiger partial charge is 0.490 e. The van der Waals surface area contributed by atoms with Crippen molar-refractivity contribution in [2.75, 3.05) is 13.2 Å². The van der Waals surface area contributed by atoms with Crippen molar-refractivity contribution in [3.63, 3.8) is 0 Å². The summed E-state index contributed by atoms with van der Waals surface area (Å²) >= 11 is 5.96. The third-order valence-corrected chi connectivity index (χ3v) is 4.06. The van der Waals surface area contributed by atoms with E-state index in [0.717, 1.165) is 11.3 Å². The van der Waals surface area contributed by atoms with Crippen LogP contribution in [-0.4, -0.2) is 28.9 Å². The highest BCUT2D eigenvalue weighted by Gasteiger charge is 2.09. The van der Waals surface area contributed by atoms with E-state index in [0.29, 0.717) is 49.2 Å². The number of nitrogens with one attached hydrogen (secondary N) is 1. The number of hydrogen-bond donors (Lipinski definition) is 1. The normalized spacial score (nSPS) is 10.6. The SMILES string of the molecule is CCOc1ccc(CNC(=O)CCn2ncc(Cl)c2C)cc1OCC. The van der Waals surface area contributed by atoms with Crippen LogP contribution in [0, 0.1) is 6.92 Å². The fraction of sp³-hybridized carbons (Fsp3) is 0.444. The molecular weight excluding hydrogens is 342 g/mol. The Hall–Kier alpha value is -2.21. The molecule has 1 N–H and O–H groups in total. The van der Waals surface area contributed by atoms with Gasteiger partial charge in [-0.3, -0.25) is 9.48 Å². The summed E-state index contributed by atoms with van der Waals surface area (Å²) in [6.45, 7) is 7.80. The van der Waals surface area contributed by atoms with E-state index in [1.165, 1.54) is 0 Å². The first-order chi connectivity index (χ1) is 12.0. The van der Waals surface area contributed by atoms with Gasteiger partial charge in [0.1, 0.15) is 0 Å². The second-order valence-corrected chi connectivity index (χ2v) is 5.88. The highest BCUT2D eigenvalue weighted by molar-refractivity contribution is 6.31. The summed E-state index contributed by atoms with van der Waals surface area (Å²) < 4.78 is 12.9. The van der Waals surface area contributed by atoms with Gasteiger partial charge in [0.2, 0.25) is 5.91 Å². The minimum atomic E-state index is -0.0436. The van der Waals surface area contributed by atoms with Gasteiger partial charge < -0.3 is 14.8 Å². The molecule has 0 radical (unpaired) electrons. The number of carbonyl (C=O) groups is 1. The van der Waals surface area contributed by atoms with Gasteiger partial charge in [-0.2, -0.15) is 5.10 Å². The van der Waals surface area contributed by atoms with E-state index in [9.17, 15) is 4.79 Å². The topological polar surface area (TPSA) is 65.4 Å². The van der Waals surface area contributed by atoms with Crippen LogP contribution < -0.4 is 14.8 Å². The van der Waals surface area contributed by atoms with Gasteiger partial charge in [-0.25, -0.2) is 0 Å². The molecule has 6 nitrogen and oxygen atoms in total. The Morgan fingerprint density at radius 2 is 1.96 bits per heavy atom. The number of amides is 1. The van der Waals surface area contributed by atoms with Crippen LogP contribution in [-0.2, 0) is 17.9 Å². The lowest BCUT2D eigenvalue weighted by atomic mass is 10.2. The quantitative estimate of drug-likeness (QED) is 0.740. The van der Waals surface area contributed by atoms with Crippen LogP contribution in [0.2, 0.25) is 5.02 Å². The molecule has 1 amide bonds. The molecule has 0 saturated heterocycles. The lowest BCUT2D eigenvalue weighted by Crippen LogP contribution is -2.24. The third kappa shape index (κ3) is 5.39. The smallest absolute Gasteiger partial charge is 0.222 e. The Bertz CT molecular complexity index is 716. The van der Waals surface area contributed by atoms with E-state index in [4.69, 9.17) is 21.1 Å². The van der Waals surface area contributed by atoms with E-state index in [1.54, 1.807) is 10.9 Å². The second-order valence-electron chi connectivity index (χ2n) is 5.47. The van der Waals surface area contributed by atoms with Gasteiger partial charge in [-0.15, -0.1) is 0 Å². The van der Waals surface area contributed by atoms with Crippen molar-refractivity contribution in [1.29, 1.82) is 0 Å². The van der Waals surface area contributed by atoms with Crippen molar-refractivity contribution in [2.24, 2.45) is 0 Å². The zero-order valence-electron chi connectivity index (χ0n) is 14.8. The number of carbonyl (C=O) groups excluding carboxylic acids is 1. The summed E-state index contributed by atoms with van der Waals surface area (Å²) in [6.07, 6.45) is 1.93. The van der Waals surface area contributed by atoms with Crippen LogP contribution in [0.1, 0.15) is 31.5 Å². The van der Waals surface area contributed by atoms with Gasteiger partial charge in [0, 0.05) is 13.0 Å². The molecular formula is C18H24ClN3O3. The lowest BCUT2D eigenvalue weighted by molar-refractivity contribution is -0.121. The molecule has 0 saturated carbocycles. The number of aryl methyl sites for hydroxylation is 1. The summed E-state index contributed by atoms with van der Waals surface area (Å²) in [5.41, 5.74) is 1.82. The van der Waals surface area contributed by atoms with Crippen LogP contribution >= 0.6 is 11.6 Å². The number of hydrogen-bond acceptors (Lipinski definition) is 4. The van der Waals surface area contributed by atoms with E-state index < -0.39 is 0 Å². The minimum absolute atomic E-state index is 0.0436. The number of benzene rings is 1. The average molecular weight is 366 g/mol. The van der Waals surface area contributed by atoms with Crippen LogP contribution in [0.5, 0.6) is 11.5 Å². The monoisotopic (exact) mass is 365 g/mol. The summed E-state index contributed by atoms with van der Waals surface area (Å²) in [5.74, 6) is 1.36. The second kappa shape index (κ2) is 9.32. The Labute approximate surface area is 153 Å². The fourth-order valence-corrected chi connectivity index (χ4v) is 2.49. The van der Waals surface area contributed by atoms with Crippen molar-refractivity contribution < 1.29 is 14.3 Å². The van der Waals surface area contributed by atoms with Crippen molar-refractivity contribution >= 4 is 17.5 Å². The maximum Gasteiger partial charge on any atom is 0.222 e. The average Bonchev–Trinajstić information content (AvgIpc) is 2.92. The van der Waals surface area contributed by atoms with Crippen molar-refractivity contribution in [2.45, 2.75) is 40.3 Å². The Kier molecular flexibility index (Phi) is 7.13. The van der Waals surface area contributed by atoms with Crippen LogP contribution in [0.25, 0.3) is 0 Å². The standard InChI is InChI=1S/C18H24ClN3O3/c1-4-24-16-7-6-14(10-17(16)25-5-2)11-20-18(23)8-9-22-13(3)15(19)12-21-22/h6-7,10,12H,4-5,8-9,11H2,1-3H3,(H,20,23). The Morgan fingerprint density at radius 3 is 2.60 bits per heavy atom. The molecule has 0 fully saturated rings. The first-order valence-corrected chi connectivity index (χ1v) is 8.76. The molecule has 0 spiro atoms. The lowest BCUT2D eigenvalue weighted by Gasteiger charge is -2.13. The van der Waals surface area contributed by atoms with E-state index in [-0.39, 0.29) is 5.91 Å². The summed E-state index contributed by atoms with van der Waals surface area (Å²) in [6, 6.07) is 5.68. The van der Waals surface area contributed by atoms with Gasteiger partial charge in [-0.05, 0) is 38.5 Å². The fourth-order valence-electron chi connectivity index (χ4n) is 2.35. The highest BCUT2D eigenvalue weighted by atomic mass is 35.5. The maximum absolute atomic E-state index is 12.0. The molecule has 2 aromatic rings. The summed E-state index contributed by atoms with van der Waals surface area (Å²) in [4.78, 5) is 12.0. The zero-order valence-corrected chi connectivity index (χ0v) is 15.6. The van der Waals surface area contributed by atoms with Gasteiger partial charge in [0.05, 0.1) is 36.7 Å². The van der Waals surface area contributed by atoms with Crippen molar-refractivity contribution in [1.82, 2.24) is 15.1 Å². The predicted octanol–water partition coefficient (Wildman–Crippen LogP) is 3.35. The number of aromatic nitrogens is 2. The molecule has 136 valence electrons. The number of halogens is 1. The van der Waals surface area contributed by atoms with Gasteiger partial charge in [-0.1, -0.05) is 17.7 Å². The molecule has 1 aromatic carbocycles. The molecule has 2 rings (SSSR count). The highest BCUT2D eigenvalue weighted by Crippen LogP contribution is 2.28. The zero-order chi connectivity index (χ0) is 18.2. The molecule has 0 bridgehead atoms. The van der Waals surface area contributed by atoms with Crippen molar-refractivity contribution in [3.05, 3.63) is 40.7 Å². The molecule has 0 aliphatic rings. The minimum Gasteiger partial charge on any atom is -0.490 e. The van der Waals surface area contributed by atoms with Gasteiger partial charge >= 0.3 is 0 Å². The van der Waals surface area contributed by atoms with Gasteiger partial charge in [0.15, 0.2) is 11.5 Å². The molecule has 0 unspecified atom stereocenters. The molecule has 7 heteroatoms. The van der Waals surface area contributed by atoms with Gasteiger partial charge in [0.25, 0.3) is 0 Å². The molecule has 0 atom stereocenters. The number of nitrogens with zero attached hydrogens (tertiary/aromatic N) is 2. The van der Waals surface area contributed by atoms with E-state index in [2.05, 4.69) is 10.4 Å². The van der Waals surface area contributed by atoms with Crippen molar-refractivity contribution in [3.8, 4) is 11.5 Å². The van der Waals surface area contributed by atoms with Crippen LogP contribution in [0.4, 0.5) is 0 Å². The third-order valence-electron chi connectivity index (χ3n) is 3.69. The molecule has 1 heterocycles. The van der Waals surface area contributed by atoms with Crippen LogP contribution in [0.15, 0.2) is 24.4 Å². The first kappa shape index (κ1) is 19.1. The summed E-state index contributed by atoms with van der Waals surface area (Å²) in [7, 11) is 0. The Morgan fingerprint density at radius 1 is 1.24 bits per heavy atom. The molecule has 1 aromatic heterocycles.